The highest BCUT2D eigenvalue weighted by molar-refractivity contribution is 6.18. The fraction of sp³-hybridized carbons (Fsp3) is 0.100. The van der Waals surface area contributed by atoms with Crippen LogP contribution in [0.5, 0.6) is 5.75 Å². The Morgan fingerprint density at radius 2 is 1.43 bits per heavy atom. The molecule has 0 atom stereocenters. The van der Waals surface area contributed by atoms with Gasteiger partial charge in [0, 0.05) is 16.5 Å². The first-order chi connectivity index (χ1) is 11.2. The van der Waals surface area contributed by atoms with Crippen molar-refractivity contribution in [3.8, 4) is 5.75 Å². The van der Waals surface area contributed by atoms with Gasteiger partial charge in [0.1, 0.15) is 5.75 Å². The van der Waals surface area contributed by atoms with Gasteiger partial charge in [-0.15, -0.1) is 0 Å². The van der Waals surface area contributed by atoms with Crippen molar-refractivity contribution in [1.29, 1.82) is 0 Å². The summed E-state index contributed by atoms with van der Waals surface area (Å²) in [6, 6.07) is 19.9. The minimum absolute atomic E-state index is 0.139. The zero-order valence-electron chi connectivity index (χ0n) is 12.8. The normalized spacial score (nSPS) is 10.5. The molecule has 0 aliphatic carbocycles. The Morgan fingerprint density at radius 3 is 2.13 bits per heavy atom. The molecule has 0 radical (unpaired) electrons. The Balaban J connectivity index is 1.94. The summed E-state index contributed by atoms with van der Waals surface area (Å²) in [6.07, 6.45) is -0.139. The molecule has 0 heterocycles. The molecule has 0 bridgehead atoms. The van der Waals surface area contributed by atoms with Gasteiger partial charge in [-0.25, -0.2) is 0 Å². The fourth-order valence-electron chi connectivity index (χ4n) is 2.66. The monoisotopic (exact) mass is 304 g/mol. The lowest BCUT2D eigenvalue weighted by molar-refractivity contribution is 0.0895. The van der Waals surface area contributed by atoms with Crippen molar-refractivity contribution in [2.45, 2.75) is 6.42 Å². The van der Waals surface area contributed by atoms with Gasteiger partial charge in [0.25, 0.3) is 0 Å². The quantitative estimate of drug-likeness (QED) is 0.521. The predicted octanol–water partition coefficient (Wildman–Crippen LogP) is 4.30. The smallest absolute Gasteiger partial charge is 0.171 e. The number of carbonyl (C=O) groups excluding carboxylic acids is 2. The molecule has 0 fully saturated rings. The first-order valence-corrected chi connectivity index (χ1v) is 7.38. The van der Waals surface area contributed by atoms with E-state index in [2.05, 4.69) is 0 Å². The maximum atomic E-state index is 12.6. The first kappa shape index (κ1) is 15.0. The number of ketones is 2. The van der Waals surface area contributed by atoms with Gasteiger partial charge in [0.05, 0.1) is 13.5 Å². The lowest BCUT2D eigenvalue weighted by Crippen LogP contribution is -2.09. The highest BCUT2D eigenvalue weighted by Gasteiger charge is 2.17. The Hall–Kier alpha value is -2.94. The van der Waals surface area contributed by atoms with E-state index in [9.17, 15) is 9.59 Å². The van der Waals surface area contributed by atoms with E-state index in [1.165, 1.54) is 0 Å². The summed E-state index contributed by atoms with van der Waals surface area (Å²) in [7, 11) is 1.60. The predicted molar refractivity (Wildman–Crippen MR) is 90.2 cm³/mol. The highest BCUT2D eigenvalue weighted by atomic mass is 16.5. The largest absolute Gasteiger partial charge is 0.496 e. The summed E-state index contributed by atoms with van der Waals surface area (Å²) in [6.45, 7) is 0. The van der Waals surface area contributed by atoms with E-state index < -0.39 is 0 Å². The van der Waals surface area contributed by atoms with Crippen molar-refractivity contribution in [3.05, 3.63) is 77.9 Å². The van der Waals surface area contributed by atoms with Crippen LogP contribution in [-0.2, 0) is 0 Å². The number of hydrogen-bond acceptors (Lipinski definition) is 3. The van der Waals surface area contributed by atoms with E-state index in [0.29, 0.717) is 16.9 Å². The molecule has 0 N–H and O–H groups in total. The Morgan fingerprint density at radius 1 is 0.783 bits per heavy atom. The van der Waals surface area contributed by atoms with Crippen LogP contribution in [0.3, 0.4) is 0 Å². The van der Waals surface area contributed by atoms with Crippen molar-refractivity contribution >= 4 is 22.3 Å². The molecule has 114 valence electrons. The molecule has 0 saturated carbocycles. The Labute approximate surface area is 134 Å². The van der Waals surface area contributed by atoms with Crippen molar-refractivity contribution in [1.82, 2.24) is 0 Å². The van der Waals surface area contributed by atoms with E-state index in [-0.39, 0.29) is 18.0 Å². The zero-order valence-corrected chi connectivity index (χ0v) is 12.8. The van der Waals surface area contributed by atoms with Crippen molar-refractivity contribution in [2.75, 3.05) is 7.11 Å². The maximum Gasteiger partial charge on any atom is 0.171 e. The number of hydrogen-bond donors (Lipinski definition) is 0. The molecule has 23 heavy (non-hydrogen) atoms. The van der Waals surface area contributed by atoms with E-state index in [0.717, 1.165) is 10.8 Å². The first-order valence-electron chi connectivity index (χ1n) is 7.38. The molecule has 0 unspecified atom stereocenters. The second-order valence-electron chi connectivity index (χ2n) is 5.25. The van der Waals surface area contributed by atoms with Crippen LogP contribution in [0.15, 0.2) is 66.7 Å². The van der Waals surface area contributed by atoms with E-state index >= 15 is 0 Å². The van der Waals surface area contributed by atoms with E-state index in [1.807, 2.05) is 30.3 Å². The van der Waals surface area contributed by atoms with Gasteiger partial charge < -0.3 is 4.74 Å². The molecule has 3 heteroatoms. The molecule has 3 aromatic carbocycles. The molecular weight excluding hydrogens is 288 g/mol. The Kier molecular flexibility index (Phi) is 4.20. The van der Waals surface area contributed by atoms with E-state index in [4.69, 9.17) is 4.74 Å². The molecule has 0 spiro atoms. The number of rotatable bonds is 5. The molecule has 0 aromatic heterocycles. The van der Waals surface area contributed by atoms with Crippen LogP contribution in [0, 0.1) is 0 Å². The lowest BCUT2D eigenvalue weighted by Gasteiger charge is -2.09. The third-order valence-electron chi connectivity index (χ3n) is 3.82. The lowest BCUT2D eigenvalue weighted by atomic mass is 9.96. The third kappa shape index (κ3) is 2.99. The standard InChI is InChI=1S/C20H16O3/c1-23-20-12-11-16(15-9-5-6-10-17(15)20)19(22)13-18(21)14-7-3-2-4-8-14/h2-12H,13H2,1H3. The second-order valence-corrected chi connectivity index (χ2v) is 5.25. The number of carbonyl (C=O) groups is 2. The molecule has 0 amide bonds. The number of ether oxygens (including phenoxy) is 1. The topological polar surface area (TPSA) is 43.4 Å². The molecule has 3 nitrogen and oxygen atoms in total. The summed E-state index contributed by atoms with van der Waals surface area (Å²) < 4.78 is 5.33. The van der Waals surface area contributed by atoms with Crippen LogP contribution in [0.25, 0.3) is 10.8 Å². The van der Waals surface area contributed by atoms with Crippen molar-refractivity contribution < 1.29 is 14.3 Å². The number of methoxy groups -OCH3 is 1. The van der Waals surface area contributed by atoms with Crippen molar-refractivity contribution in [3.63, 3.8) is 0 Å². The summed E-state index contributed by atoms with van der Waals surface area (Å²) in [5.41, 5.74) is 1.10. The van der Waals surface area contributed by atoms with Gasteiger partial charge in [-0.3, -0.25) is 9.59 Å². The van der Waals surface area contributed by atoms with Gasteiger partial charge in [-0.2, -0.15) is 0 Å². The number of Topliss-reactive ketones (excluding diaryl/α,β-unsaturated/α-hetero) is 2. The summed E-state index contributed by atoms with van der Waals surface area (Å²) in [5, 5.41) is 1.67. The molecule has 3 rings (SSSR count). The average Bonchev–Trinajstić information content (AvgIpc) is 2.61. The molecule has 0 saturated heterocycles. The van der Waals surface area contributed by atoms with Gasteiger partial charge in [-0.05, 0) is 17.5 Å². The van der Waals surface area contributed by atoms with Gasteiger partial charge >= 0.3 is 0 Å². The molecule has 0 aliphatic heterocycles. The number of benzene rings is 3. The van der Waals surface area contributed by atoms with Crippen molar-refractivity contribution in [2.24, 2.45) is 0 Å². The fourth-order valence-corrected chi connectivity index (χ4v) is 2.66. The summed E-state index contributed by atoms with van der Waals surface area (Å²) >= 11 is 0. The maximum absolute atomic E-state index is 12.6. The Bertz CT molecular complexity index is 866. The molecular formula is C20H16O3. The summed E-state index contributed by atoms with van der Waals surface area (Å²) in [4.78, 5) is 24.8. The average molecular weight is 304 g/mol. The SMILES string of the molecule is COc1ccc(C(=O)CC(=O)c2ccccc2)c2ccccc12. The highest BCUT2D eigenvalue weighted by Crippen LogP contribution is 2.29. The van der Waals surface area contributed by atoms with E-state index in [1.54, 1.807) is 43.5 Å². The summed E-state index contributed by atoms with van der Waals surface area (Å²) in [5.74, 6) is 0.361. The van der Waals surface area contributed by atoms with Crippen LogP contribution in [0.1, 0.15) is 27.1 Å². The molecule has 3 aromatic rings. The van der Waals surface area contributed by atoms with Crippen LogP contribution >= 0.6 is 0 Å². The minimum atomic E-state index is -0.183. The third-order valence-corrected chi connectivity index (χ3v) is 3.82. The van der Waals surface area contributed by atoms with Gasteiger partial charge in [0.15, 0.2) is 11.6 Å². The second kappa shape index (κ2) is 6.44. The molecule has 0 aliphatic rings. The van der Waals surface area contributed by atoms with Gasteiger partial charge in [0.2, 0.25) is 0 Å². The van der Waals surface area contributed by atoms with Gasteiger partial charge in [-0.1, -0.05) is 54.6 Å². The van der Waals surface area contributed by atoms with Crippen LogP contribution in [0.4, 0.5) is 0 Å². The van der Waals surface area contributed by atoms with Crippen LogP contribution in [0.2, 0.25) is 0 Å². The minimum Gasteiger partial charge on any atom is -0.496 e. The number of fused-ring (bicyclic) bond motifs is 1. The van der Waals surface area contributed by atoms with Crippen LogP contribution < -0.4 is 4.74 Å². The van der Waals surface area contributed by atoms with Crippen LogP contribution in [-0.4, -0.2) is 18.7 Å². The zero-order chi connectivity index (χ0) is 16.2.